The molecule has 3 heteroatoms. The van der Waals surface area contributed by atoms with Crippen LogP contribution in [0.25, 0.3) is 0 Å². The minimum Gasteiger partial charge on any atom is -0.378 e. The van der Waals surface area contributed by atoms with Gasteiger partial charge in [-0.3, -0.25) is 4.79 Å². The van der Waals surface area contributed by atoms with Gasteiger partial charge in [-0.1, -0.05) is 30.3 Å². The summed E-state index contributed by atoms with van der Waals surface area (Å²) in [6.07, 6.45) is 1.35. The number of rotatable bonds is 5. The second-order valence-corrected chi connectivity index (χ2v) is 6.47. The van der Waals surface area contributed by atoms with E-state index in [4.69, 9.17) is 4.74 Å². The average Bonchev–Trinajstić information content (AvgIpc) is 2.61. The third-order valence-corrected chi connectivity index (χ3v) is 4.62. The smallest absolute Gasteiger partial charge is 0.163 e. The summed E-state index contributed by atoms with van der Waals surface area (Å²) in [6, 6.07) is 14.3. The van der Waals surface area contributed by atoms with Crippen LogP contribution in [0, 0.1) is 13.8 Å². The number of carbonyl (C=O) groups is 1. The number of morpholine rings is 1. The van der Waals surface area contributed by atoms with Crippen molar-refractivity contribution in [1.29, 1.82) is 0 Å². The van der Waals surface area contributed by atoms with Gasteiger partial charge in [0.25, 0.3) is 0 Å². The third kappa shape index (κ3) is 3.85. The fourth-order valence-electron chi connectivity index (χ4n) is 3.45. The van der Waals surface area contributed by atoms with Crippen molar-refractivity contribution in [3.05, 3.63) is 64.7 Å². The van der Waals surface area contributed by atoms with E-state index in [-0.39, 0.29) is 5.78 Å². The number of ether oxygens (including phenoxy) is 1. The fraction of sp³-hybridized carbons (Fsp3) is 0.381. The summed E-state index contributed by atoms with van der Waals surface area (Å²) < 4.78 is 5.44. The molecule has 3 nitrogen and oxygen atoms in total. The van der Waals surface area contributed by atoms with Gasteiger partial charge in [-0.05, 0) is 49.1 Å². The molecular weight excluding hydrogens is 298 g/mol. The topological polar surface area (TPSA) is 29.5 Å². The number of hydrogen-bond donors (Lipinski definition) is 0. The Labute approximate surface area is 144 Å². The molecule has 0 spiro atoms. The lowest BCUT2D eigenvalue weighted by Gasteiger charge is -2.31. The lowest BCUT2D eigenvalue weighted by atomic mass is 9.97. The Balaban J connectivity index is 1.73. The van der Waals surface area contributed by atoms with Gasteiger partial charge in [-0.25, -0.2) is 0 Å². The Morgan fingerprint density at radius 3 is 2.29 bits per heavy atom. The second kappa shape index (κ2) is 7.63. The van der Waals surface area contributed by atoms with Crippen LogP contribution in [0.5, 0.6) is 0 Å². The van der Waals surface area contributed by atoms with Crippen molar-refractivity contribution >= 4 is 11.5 Å². The van der Waals surface area contributed by atoms with E-state index < -0.39 is 0 Å². The van der Waals surface area contributed by atoms with E-state index in [1.54, 1.807) is 0 Å². The summed E-state index contributed by atoms with van der Waals surface area (Å²) in [5, 5.41) is 0. The first-order valence-electron chi connectivity index (χ1n) is 8.66. The van der Waals surface area contributed by atoms with Gasteiger partial charge in [-0.2, -0.15) is 0 Å². The van der Waals surface area contributed by atoms with Crippen LogP contribution in [0.1, 0.15) is 33.5 Å². The largest absolute Gasteiger partial charge is 0.378 e. The van der Waals surface area contributed by atoms with Crippen LogP contribution in [-0.4, -0.2) is 32.1 Å². The summed E-state index contributed by atoms with van der Waals surface area (Å²) in [4.78, 5) is 14.9. The van der Waals surface area contributed by atoms with E-state index in [0.29, 0.717) is 6.42 Å². The Bertz CT molecular complexity index is 680. The van der Waals surface area contributed by atoms with Crippen molar-refractivity contribution in [2.24, 2.45) is 0 Å². The number of carbonyl (C=O) groups excluding carboxylic acids is 1. The van der Waals surface area contributed by atoms with Gasteiger partial charge in [0.05, 0.1) is 13.2 Å². The summed E-state index contributed by atoms with van der Waals surface area (Å²) in [6.45, 7) is 7.59. The molecule has 126 valence electrons. The van der Waals surface area contributed by atoms with E-state index in [9.17, 15) is 4.79 Å². The van der Waals surface area contributed by atoms with Crippen LogP contribution in [0.15, 0.2) is 42.5 Å². The van der Waals surface area contributed by atoms with Crippen LogP contribution in [-0.2, 0) is 11.2 Å². The average molecular weight is 323 g/mol. The van der Waals surface area contributed by atoms with Crippen molar-refractivity contribution in [2.45, 2.75) is 26.7 Å². The van der Waals surface area contributed by atoms with Crippen LogP contribution in [0.4, 0.5) is 5.69 Å². The molecule has 24 heavy (non-hydrogen) atoms. The maximum Gasteiger partial charge on any atom is 0.163 e. The highest BCUT2D eigenvalue weighted by atomic mass is 16.5. The highest BCUT2D eigenvalue weighted by molar-refractivity contribution is 5.97. The first-order valence-corrected chi connectivity index (χ1v) is 8.66. The molecule has 2 aromatic carbocycles. The highest BCUT2D eigenvalue weighted by Gasteiger charge is 2.17. The standard InChI is InChI=1S/C21H25NO2/c1-16-14-19(20(23)9-8-18-6-4-3-5-7-18)15-17(2)21(16)22-10-12-24-13-11-22/h3-7,14-15H,8-13H2,1-2H3. The molecule has 0 bridgehead atoms. The lowest BCUT2D eigenvalue weighted by Crippen LogP contribution is -2.37. The molecule has 0 unspecified atom stereocenters. The van der Waals surface area contributed by atoms with Gasteiger partial charge in [0, 0.05) is 30.8 Å². The number of nitrogens with zero attached hydrogens (tertiary/aromatic N) is 1. The molecule has 1 fully saturated rings. The number of Topliss-reactive ketones (excluding diaryl/α,β-unsaturated/α-hetero) is 1. The van der Waals surface area contributed by atoms with Gasteiger partial charge in [0.2, 0.25) is 0 Å². The Morgan fingerprint density at radius 2 is 1.67 bits per heavy atom. The number of aryl methyl sites for hydroxylation is 3. The SMILES string of the molecule is Cc1cc(C(=O)CCc2ccccc2)cc(C)c1N1CCOCC1. The van der Waals surface area contributed by atoms with E-state index in [0.717, 1.165) is 38.3 Å². The predicted octanol–water partition coefficient (Wildman–Crippen LogP) is 3.96. The van der Waals surface area contributed by atoms with Gasteiger partial charge < -0.3 is 9.64 Å². The van der Waals surface area contributed by atoms with Gasteiger partial charge in [0.15, 0.2) is 5.78 Å². The van der Waals surface area contributed by atoms with E-state index in [1.807, 2.05) is 30.3 Å². The van der Waals surface area contributed by atoms with Crippen LogP contribution >= 0.6 is 0 Å². The minimum atomic E-state index is 0.221. The molecule has 1 aliphatic rings. The first-order chi connectivity index (χ1) is 11.6. The zero-order valence-electron chi connectivity index (χ0n) is 14.5. The van der Waals surface area contributed by atoms with Crippen molar-refractivity contribution in [1.82, 2.24) is 0 Å². The molecule has 0 aliphatic carbocycles. The minimum absolute atomic E-state index is 0.221. The number of hydrogen-bond acceptors (Lipinski definition) is 3. The molecule has 0 radical (unpaired) electrons. The highest BCUT2D eigenvalue weighted by Crippen LogP contribution is 2.27. The van der Waals surface area contributed by atoms with Crippen molar-refractivity contribution in [3.8, 4) is 0 Å². The summed E-state index contributed by atoms with van der Waals surface area (Å²) in [7, 11) is 0. The molecule has 0 N–H and O–H groups in total. The summed E-state index contributed by atoms with van der Waals surface area (Å²) >= 11 is 0. The monoisotopic (exact) mass is 323 g/mol. The molecule has 1 aliphatic heterocycles. The van der Waals surface area contributed by atoms with Crippen molar-refractivity contribution < 1.29 is 9.53 Å². The normalized spacial score (nSPS) is 14.7. The number of anilines is 1. The second-order valence-electron chi connectivity index (χ2n) is 6.47. The molecule has 3 rings (SSSR count). The lowest BCUT2D eigenvalue weighted by molar-refractivity contribution is 0.0982. The molecule has 0 saturated carbocycles. The predicted molar refractivity (Wildman–Crippen MR) is 98.0 cm³/mol. The fourth-order valence-corrected chi connectivity index (χ4v) is 3.45. The maximum absolute atomic E-state index is 12.6. The van der Waals surface area contributed by atoms with Gasteiger partial charge >= 0.3 is 0 Å². The van der Waals surface area contributed by atoms with Gasteiger partial charge in [-0.15, -0.1) is 0 Å². The van der Waals surface area contributed by atoms with E-state index in [1.165, 1.54) is 22.4 Å². The summed E-state index contributed by atoms with van der Waals surface area (Å²) in [5.74, 6) is 0.221. The first kappa shape index (κ1) is 16.7. The van der Waals surface area contributed by atoms with Crippen LogP contribution < -0.4 is 4.90 Å². The third-order valence-electron chi connectivity index (χ3n) is 4.62. The summed E-state index contributed by atoms with van der Waals surface area (Å²) in [5.41, 5.74) is 5.67. The molecule has 1 saturated heterocycles. The maximum atomic E-state index is 12.6. The molecule has 1 heterocycles. The zero-order valence-corrected chi connectivity index (χ0v) is 14.5. The Kier molecular flexibility index (Phi) is 5.31. The number of benzene rings is 2. The Morgan fingerprint density at radius 1 is 1.04 bits per heavy atom. The molecule has 0 aromatic heterocycles. The zero-order chi connectivity index (χ0) is 16.9. The number of ketones is 1. The van der Waals surface area contributed by atoms with Crippen LogP contribution in [0.2, 0.25) is 0 Å². The van der Waals surface area contributed by atoms with Crippen molar-refractivity contribution in [2.75, 3.05) is 31.2 Å². The Hall–Kier alpha value is -2.13. The van der Waals surface area contributed by atoms with E-state index in [2.05, 4.69) is 30.9 Å². The van der Waals surface area contributed by atoms with Gasteiger partial charge in [0.1, 0.15) is 0 Å². The molecule has 0 atom stereocenters. The van der Waals surface area contributed by atoms with Crippen molar-refractivity contribution in [3.63, 3.8) is 0 Å². The molecule has 0 amide bonds. The van der Waals surface area contributed by atoms with Crippen LogP contribution in [0.3, 0.4) is 0 Å². The quantitative estimate of drug-likeness (QED) is 0.780. The molecular formula is C21H25NO2. The van der Waals surface area contributed by atoms with E-state index >= 15 is 0 Å². The molecule has 2 aromatic rings.